The molecule has 3 heterocycles. The third-order valence-electron chi connectivity index (χ3n) is 4.88. The van der Waals surface area contributed by atoms with Gasteiger partial charge in [0.1, 0.15) is 0 Å². The van der Waals surface area contributed by atoms with Crippen molar-refractivity contribution in [2.45, 2.75) is 26.4 Å². The van der Waals surface area contributed by atoms with E-state index in [2.05, 4.69) is 19.6 Å². The summed E-state index contributed by atoms with van der Waals surface area (Å²) in [5.74, 6) is 1.09. The molecule has 0 spiro atoms. The van der Waals surface area contributed by atoms with Gasteiger partial charge in [0.2, 0.25) is 5.91 Å². The Morgan fingerprint density at radius 1 is 1.19 bits per heavy atom. The Kier molecular flexibility index (Phi) is 4.71. The highest BCUT2D eigenvalue weighted by atomic mass is 16.5. The fraction of sp³-hybridized carbons (Fsp3) is 0.421. The summed E-state index contributed by atoms with van der Waals surface area (Å²) in [6, 6.07) is 9.97. The summed E-state index contributed by atoms with van der Waals surface area (Å²) in [6.45, 7) is 6.58. The van der Waals surface area contributed by atoms with Crippen LogP contribution in [0.1, 0.15) is 17.9 Å². The first-order valence-corrected chi connectivity index (χ1v) is 9.01. The van der Waals surface area contributed by atoms with Crippen molar-refractivity contribution in [3.63, 3.8) is 0 Å². The van der Waals surface area contributed by atoms with E-state index in [1.54, 1.807) is 0 Å². The predicted octanol–water partition coefficient (Wildman–Crippen LogP) is 2.07. The van der Waals surface area contributed by atoms with Crippen LogP contribution in [0.5, 0.6) is 0 Å². The van der Waals surface area contributed by atoms with Crippen molar-refractivity contribution in [2.75, 3.05) is 26.2 Å². The van der Waals surface area contributed by atoms with E-state index < -0.39 is 0 Å². The number of carbonyl (C=O) groups excluding carboxylic acids is 1. The number of imidazole rings is 1. The van der Waals surface area contributed by atoms with Crippen molar-refractivity contribution >= 4 is 16.9 Å². The van der Waals surface area contributed by atoms with Crippen molar-refractivity contribution in [2.24, 2.45) is 0 Å². The van der Waals surface area contributed by atoms with E-state index in [1.807, 2.05) is 48.5 Å². The lowest BCUT2D eigenvalue weighted by Crippen LogP contribution is -2.48. The molecule has 136 valence electrons. The minimum atomic E-state index is 0.206. The van der Waals surface area contributed by atoms with Gasteiger partial charge in [0.25, 0.3) is 0 Å². The number of nitrogens with zero attached hydrogens (tertiary/aromatic N) is 5. The highest BCUT2D eigenvalue weighted by Crippen LogP contribution is 2.14. The van der Waals surface area contributed by atoms with Crippen LogP contribution in [-0.4, -0.2) is 56.6 Å². The van der Waals surface area contributed by atoms with Gasteiger partial charge in [0, 0.05) is 45.2 Å². The summed E-state index contributed by atoms with van der Waals surface area (Å²) in [7, 11) is 0. The van der Waals surface area contributed by atoms with E-state index in [0.717, 1.165) is 55.2 Å². The number of aryl methyl sites for hydroxylation is 2. The quantitative estimate of drug-likeness (QED) is 0.702. The van der Waals surface area contributed by atoms with Crippen LogP contribution in [0.4, 0.5) is 0 Å². The molecule has 0 saturated carbocycles. The van der Waals surface area contributed by atoms with Crippen LogP contribution in [0.3, 0.4) is 0 Å². The molecule has 0 N–H and O–H groups in total. The summed E-state index contributed by atoms with van der Waals surface area (Å²) in [5, 5.41) is 3.92. The minimum absolute atomic E-state index is 0.206. The van der Waals surface area contributed by atoms with Crippen molar-refractivity contribution < 1.29 is 9.32 Å². The Balaban J connectivity index is 1.27. The molecule has 1 saturated heterocycles. The molecule has 1 amide bonds. The van der Waals surface area contributed by atoms with E-state index >= 15 is 0 Å². The van der Waals surface area contributed by atoms with Gasteiger partial charge in [-0.25, -0.2) is 4.98 Å². The van der Waals surface area contributed by atoms with Gasteiger partial charge in [0.05, 0.1) is 29.6 Å². The van der Waals surface area contributed by atoms with E-state index in [4.69, 9.17) is 4.52 Å². The highest BCUT2D eigenvalue weighted by Gasteiger charge is 2.21. The number of carbonyl (C=O) groups is 1. The Labute approximate surface area is 152 Å². The van der Waals surface area contributed by atoms with Gasteiger partial charge in [0.15, 0.2) is 5.76 Å². The first kappa shape index (κ1) is 16.8. The Hall–Kier alpha value is -2.67. The lowest BCUT2D eigenvalue weighted by atomic mass is 10.2. The van der Waals surface area contributed by atoms with Gasteiger partial charge >= 0.3 is 0 Å². The molecule has 1 aliphatic rings. The molecule has 4 rings (SSSR count). The highest BCUT2D eigenvalue weighted by molar-refractivity contribution is 5.77. The second-order valence-corrected chi connectivity index (χ2v) is 6.77. The number of para-hydroxylation sites is 2. The molecule has 2 aromatic heterocycles. The number of hydrogen-bond donors (Lipinski definition) is 0. The number of aromatic nitrogens is 3. The fourth-order valence-corrected chi connectivity index (χ4v) is 3.43. The molecular weight excluding hydrogens is 330 g/mol. The summed E-state index contributed by atoms with van der Waals surface area (Å²) >= 11 is 0. The maximum atomic E-state index is 12.5. The third-order valence-corrected chi connectivity index (χ3v) is 4.88. The Morgan fingerprint density at radius 2 is 2.00 bits per heavy atom. The molecule has 26 heavy (non-hydrogen) atoms. The smallest absolute Gasteiger partial charge is 0.224 e. The van der Waals surface area contributed by atoms with E-state index in [9.17, 15) is 4.79 Å². The zero-order valence-electron chi connectivity index (χ0n) is 15.0. The lowest BCUT2D eigenvalue weighted by Gasteiger charge is -2.34. The van der Waals surface area contributed by atoms with Gasteiger partial charge in [-0.1, -0.05) is 17.3 Å². The van der Waals surface area contributed by atoms with Crippen molar-refractivity contribution in [3.05, 3.63) is 48.1 Å². The fourth-order valence-electron chi connectivity index (χ4n) is 3.43. The molecule has 1 aliphatic heterocycles. The molecule has 0 aliphatic carbocycles. The average molecular weight is 353 g/mol. The number of benzene rings is 1. The first-order chi connectivity index (χ1) is 12.7. The maximum Gasteiger partial charge on any atom is 0.224 e. The minimum Gasteiger partial charge on any atom is -0.360 e. The van der Waals surface area contributed by atoms with Crippen LogP contribution in [0.2, 0.25) is 0 Å². The number of rotatable bonds is 5. The predicted molar refractivity (Wildman–Crippen MR) is 97.4 cm³/mol. The van der Waals surface area contributed by atoms with Gasteiger partial charge in [-0.2, -0.15) is 0 Å². The van der Waals surface area contributed by atoms with Crippen LogP contribution >= 0.6 is 0 Å². The number of amides is 1. The lowest BCUT2D eigenvalue weighted by molar-refractivity contribution is -0.133. The van der Waals surface area contributed by atoms with Crippen molar-refractivity contribution in [3.8, 4) is 0 Å². The molecule has 1 aromatic carbocycles. The van der Waals surface area contributed by atoms with Gasteiger partial charge < -0.3 is 14.0 Å². The zero-order valence-corrected chi connectivity index (χ0v) is 15.0. The largest absolute Gasteiger partial charge is 0.360 e. The van der Waals surface area contributed by atoms with Crippen LogP contribution in [0, 0.1) is 6.92 Å². The monoisotopic (exact) mass is 353 g/mol. The van der Waals surface area contributed by atoms with Crippen molar-refractivity contribution in [1.29, 1.82) is 0 Å². The Morgan fingerprint density at radius 3 is 2.77 bits per heavy atom. The second-order valence-electron chi connectivity index (χ2n) is 6.77. The molecule has 3 aromatic rings. The van der Waals surface area contributed by atoms with Crippen LogP contribution < -0.4 is 0 Å². The number of fused-ring (bicyclic) bond motifs is 1. The number of hydrogen-bond acceptors (Lipinski definition) is 5. The van der Waals surface area contributed by atoms with E-state index in [-0.39, 0.29) is 5.91 Å². The summed E-state index contributed by atoms with van der Waals surface area (Å²) in [5.41, 5.74) is 2.95. The summed E-state index contributed by atoms with van der Waals surface area (Å²) < 4.78 is 7.33. The molecule has 1 fully saturated rings. The third kappa shape index (κ3) is 3.62. The SMILES string of the molecule is Cc1cc(CN2CCN(C(=O)CCn3cnc4ccccc43)CC2)on1. The zero-order chi connectivity index (χ0) is 17.9. The topological polar surface area (TPSA) is 67.4 Å². The molecule has 0 unspecified atom stereocenters. The summed E-state index contributed by atoms with van der Waals surface area (Å²) in [6.07, 6.45) is 2.32. The molecule has 0 atom stereocenters. The van der Waals surface area contributed by atoms with Gasteiger partial charge in [-0.15, -0.1) is 0 Å². The van der Waals surface area contributed by atoms with Crippen LogP contribution in [0.15, 0.2) is 41.2 Å². The average Bonchev–Trinajstić information content (AvgIpc) is 3.26. The van der Waals surface area contributed by atoms with E-state index in [1.165, 1.54) is 0 Å². The standard InChI is InChI=1S/C19H23N5O2/c1-15-12-16(26-21-15)13-22-8-10-23(11-9-22)19(25)6-7-24-14-20-17-4-2-3-5-18(17)24/h2-5,12,14H,6-11,13H2,1H3. The Bertz CT molecular complexity index is 892. The first-order valence-electron chi connectivity index (χ1n) is 9.01. The maximum absolute atomic E-state index is 12.5. The summed E-state index contributed by atoms with van der Waals surface area (Å²) in [4.78, 5) is 21.2. The van der Waals surface area contributed by atoms with Crippen LogP contribution in [-0.2, 0) is 17.9 Å². The second kappa shape index (κ2) is 7.29. The van der Waals surface area contributed by atoms with Crippen LogP contribution in [0.25, 0.3) is 11.0 Å². The molecular formula is C19H23N5O2. The number of piperazine rings is 1. The molecule has 0 bridgehead atoms. The molecule has 7 heteroatoms. The van der Waals surface area contributed by atoms with Crippen molar-refractivity contribution in [1.82, 2.24) is 24.5 Å². The molecule has 0 radical (unpaired) electrons. The van der Waals surface area contributed by atoms with Gasteiger partial charge in [-0.05, 0) is 19.1 Å². The van der Waals surface area contributed by atoms with Gasteiger partial charge in [-0.3, -0.25) is 9.69 Å². The molecule has 7 nitrogen and oxygen atoms in total. The van der Waals surface area contributed by atoms with E-state index in [0.29, 0.717) is 13.0 Å². The normalized spacial score (nSPS) is 15.7.